The molecule has 29 heavy (non-hydrogen) atoms. The number of carbonyl (C=O) groups is 1. The average Bonchev–Trinajstić information content (AvgIpc) is 3.12. The summed E-state index contributed by atoms with van der Waals surface area (Å²) in [5.41, 5.74) is 1.45. The maximum atomic E-state index is 13.4. The molecule has 1 amide bonds. The van der Waals surface area contributed by atoms with Crippen molar-refractivity contribution in [3.8, 4) is 17.2 Å². The second-order valence-corrected chi connectivity index (χ2v) is 7.54. The van der Waals surface area contributed by atoms with Gasteiger partial charge in [-0.2, -0.15) is 5.10 Å². The van der Waals surface area contributed by atoms with Crippen LogP contribution in [0.3, 0.4) is 0 Å². The molecule has 152 valence electrons. The van der Waals surface area contributed by atoms with E-state index in [1.807, 2.05) is 26.8 Å². The Morgan fingerprint density at radius 1 is 1.03 bits per heavy atom. The van der Waals surface area contributed by atoms with Crippen molar-refractivity contribution in [3.05, 3.63) is 65.6 Å². The van der Waals surface area contributed by atoms with E-state index >= 15 is 0 Å². The minimum atomic E-state index is -0.400. The van der Waals surface area contributed by atoms with Gasteiger partial charge in [-0.05, 0) is 36.4 Å². The number of nitrogens with one attached hydrogen (secondary N) is 1. The summed E-state index contributed by atoms with van der Waals surface area (Å²) in [4.78, 5) is 13.1. The first-order valence-corrected chi connectivity index (χ1v) is 9.13. The highest BCUT2D eigenvalue weighted by Gasteiger charge is 2.24. The predicted molar refractivity (Wildman–Crippen MR) is 110 cm³/mol. The Hall–Kier alpha value is -3.35. The lowest BCUT2D eigenvalue weighted by molar-refractivity contribution is 0.102. The maximum Gasteiger partial charge on any atom is 0.264 e. The Morgan fingerprint density at radius 3 is 2.14 bits per heavy atom. The third kappa shape index (κ3) is 4.23. The second-order valence-electron chi connectivity index (χ2n) is 7.54. The largest absolute Gasteiger partial charge is 0.496 e. The summed E-state index contributed by atoms with van der Waals surface area (Å²) < 4.78 is 25.6. The standard InChI is InChI=1S/C22H24FN3O3/c1-22(2,3)18-13-19(26(25-18)15-11-9-14(23)10-12-15)24-21(27)20-16(28-4)7-6-8-17(20)29-5/h6-13H,1-5H3,(H,24,27). The molecule has 1 N–H and O–H groups in total. The summed E-state index contributed by atoms with van der Waals surface area (Å²) in [6, 6.07) is 12.8. The molecule has 7 heteroatoms. The van der Waals surface area contributed by atoms with E-state index in [-0.39, 0.29) is 16.8 Å². The monoisotopic (exact) mass is 397 g/mol. The molecule has 3 rings (SSSR count). The van der Waals surface area contributed by atoms with Crippen LogP contribution < -0.4 is 14.8 Å². The molecule has 0 fully saturated rings. The number of amides is 1. The van der Waals surface area contributed by atoms with Gasteiger partial charge < -0.3 is 14.8 Å². The lowest BCUT2D eigenvalue weighted by atomic mass is 9.92. The Labute approximate surface area is 169 Å². The van der Waals surface area contributed by atoms with Gasteiger partial charge in [-0.25, -0.2) is 9.07 Å². The molecule has 0 aliphatic carbocycles. The van der Waals surface area contributed by atoms with Gasteiger partial charge in [0, 0.05) is 11.5 Å². The van der Waals surface area contributed by atoms with Gasteiger partial charge in [0.25, 0.3) is 5.91 Å². The quantitative estimate of drug-likeness (QED) is 0.685. The van der Waals surface area contributed by atoms with E-state index in [9.17, 15) is 9.18 Å². The van der Waals surface area contributed by atoms with Gasteiger partial charge in [-0.15, -0.1) is 0 Å². The van der Waals surface area contributed by atoms with Crippen LogP contribution in [0.15, 0.2) is 48.5 Å². The number of aromatic nitrogens is 2. The smallest absolute Gasteiger partial charge is 0.264 e. The van der Waals surface area contributed by atoms with E-state index in [1.54, 1.807) is 35.0 Å². The van der Waals surface area contributed by atoms with Crippen molar-refractivity contribution in [1.82, 2.24) is 9.78 Å². The molecule has 0 saturated carbocycles. The van der Waals surface area contributed by atoms with Crippen LogP contribution in [0.4, 0.5) is 10.2 Å². The van der Waals surface area contributed by atoms with Crippen LogP contribution in [0, 0.1) is 5.82 Å². The van der Waals surface area contributed by atoms with Crippen molar-refractivity contribution in [2.24, 2.45) is 0 Å². The van der Waals surface area contributed by atoms with E-state index in [0.717, 1.165) is 5.69 Å². The Bertz CT molecular complexity index is 999. The SMILES string of the molecule is COc1cccc(OC)c1C(=O)Nc1cc(C(C)(C)C)nn1-c1ccc(F)cc1. The first kappa shape index (κ1) is 20.4. The number of hydrogen-bond acceptors (Lipinski definition) is 4. The van der Waals surface area contributed by atoms with E-state index in [1.165, 1.54) is 26.4 Å². The van der Waals surface area contributed by atoms with Crippen molar-refractivity contribution >= 4 is 11.7 Å². The molecule has 0 radical (unpaired) electrons. The number of carbonyl (C=O) groups excluding carboxylic acids is 1. The zero-order valence-electron chi connectivity index (χ0n) is 17.1. The van der Waals surface area contributed by atoms with E-state index in [0.29, 0.717) is 23.0 Å². The van der Waals surface area contributed by atoms with Crippen molar-refractivity contribution < 1.29 is 18.7 Å². The average molecular weight is 397 g/mol. The van der Waals surface area contributed by atoms with Crippen LogP contribution in [0.25, 0.3) is 5.69 Å². The minimum absolute atomic E-state index is 0.243. The molecule has 3 aromatic rings. The lowest BCUT2D eigenvalue weighted by Crippen LogP contribution is -2.17. The third-order valence-electron chi connectivity index (χ3n) is 4.45. The van der Waals surface area contributed by atoms with Crippen LogP contribution in [0.5, 0.6) is 11.5 Å². The predicted octanol–water partition coefficient (Wildman–Crippen LogP) is 4.58. The van der Waals surface area contributed by atoms with Crippen LogP contribution in [-0.4, -0.2) is 29.9 Å². The number of ether oxygens (including phenoxy) is 2. The molecule has 0 saturated heterocycles. The molecule has 0 aliphatic rings. The molecule has 0 bridgehead atoms. The summed E-state index contributed by atoms with van der Waals surface area (Å²) in [6.45, 7) is 6.08. The zero-order valence-corrected chi connectivity index (χ0v) is 17.1. The molecule has 6 nitrogen and oxygen atoms in total. The molecule has 2 aromatic carbocycles. The van der Waals surface area contributed by atoms with Crippen LogP contribution in [0.1, 0.15) is 36.8 Å². The molecule has 0 aliphatic heterocycles. The number of rotatable bonds is 5. The van der Waals surface area contributed by atoms with Gasteiger partial charge >= 0.3 is 0 Å². The van der Waals surface area contributed by atoms with Crippen LogP contribution >= 0.6 is 0 Å². The number of methoxy groups -OCH3 is 2. The van der Waals surface area contributed by atoms with Crippen molar-refractivity contribution in [3.63, 3.8) is 0 Å². The molecule has 0 unspecified atom stereocenters. The van der Waals surface area contributed by atoms with Gasteiger partial charge in [0.15, 0.2) is 0 Å². The fraction of sp³-hybridized carbons (Fsp3) is 0.273. The number of anilines is 1. The number of halogens is 1. The first-order valence-electron chi connectivity index (χ1n) is 9.13. The van der Waals surface area contributed by atoms with Crippen molar-refractivity contribution in [2.75, 3.05) is 19.5 Å². The van der Waals surface area contributed by atoms with Crippen molar-refractivity contribution in [1.29, 1.82) is 0 Å². The topological polar surface area (TPSA) is 65.4 Å². The highest BCUT2D eigenvalue weighted by atomic mass is 19.1. The minimum Gasteiger partial charge on any atom is -0.496 e. The van der Waals surface area contributed by atoms with E-state index < -0.39 is 5.91 Å². The second kappa shape index (κ2) is 7.95. The van der Waals surface area contributed by atoms with Gasteiger partial charge in [0.2, 0.25) is 0 Å². The molecule has 0 spiro atoms. The van der Waals surface area contributed by atoms with Crippen LogP contribution in [-0.2, 0) is 5.41 Å². The number of nitrogens with zero attached hydrogens (tertiary/aromatic N) is 2. The highest BCUT2D eigenvalue weighted by molar-refractivity contribution is 6.08. The summed E-state index contributed by atoms with van der Waals surface area (Å²) >= 11 is 0. The van der Waals surface area contributed by atoms with Gasteiger partial charge in [0.05, 0.1) is 25.6 Å². The summed E-state index contributed by atoms with van der Waals surface area (Å²) in [5.74, 6) is 0.500. The fourth-order valence-electron chi connectivity index (χ4n) is 2.87. The molecule has 1 aromatic heterocycles. The Morgan fingerprint density at radius 2 is 1.62 bits per heavy atom. The van der Waals surface area contributed by atoms with Crippen molar-refractivity contribution in [2.45, 2.75) is 26.2 Å². The number of benzene rings is 2. The highest BCUT2D eigenvalue weighted by Crippen LogP contribution is 2.31. The van der Waals surface area contributed by atoms with E-state index in [4.69, 9.17) is 9.47 Å². The Balaban J connectivity index is 2.06. The van der Waals surface area contributed by atoms with E-state index in [2.05, 4.69) is 10.4 Å². The maximum absolute atomic E-state index is 13.4. The molecule has 1 heterocycles. The molecule has 0 atom stereocenters. The third-order valence-corrected chi connectivity index (χ3v) is 4.45. The zero-order chi connectivity index (χ0) is 21.2. The van der Waals surface area contributed by atoms with Gasteiger partial charge in [-0.1, -0.05) is 26.8 Å². The number of hydrogen-bond donors (Lipinski definition) is 1. The van der Waals surface area contributed by atoms with Crippen LogP contribution in [0.2, 0.25) is 0 Å². The summed E-state index contributed by atoms with van der Waals surface area (Å²) in [7, 11) is 2.98. The fourth-order valence-corrected chi connectivity index (χ4v) is 2.87. The van der Waals surface area contributed by atoms with Gasteiger partial charge in [0.1, 0.15) is 28.7 Å². The lowest BCUT2D eigenvalue weighted by Gasteiger charge is -2.14. The normalized spacial score (nSPS) is 11.2. The molecular weight excluding hydrogens is 373 g/mol. The molecular formula is C22H24FN3O3. The first-order chi connectivity index (χ1) is 13.7. The summed E-state index contributed by atoms with van der Waals surface area (Å²) in [6.07, 6.45) is 0. The Kier molecular flexibility index (Phi) is 5.59. The summed E-state index contributed by atoms with van der Waals surface area (Å²) in [5, 5.41) is 7.52. The van der Waals surface area contributed by atoms with Gasteiger partial charge in [-0.3, -0.25) is 4.79 Å².